The minimum absolute atomic E-state index is 0.0932. The average molecular weight is 474 g/mol. The molecule has 5 atom stereocenters. The van der Waals surface area contributed by atoms with Crippen molar-refractivity contribution in [1.29, 1.82) is 5.26 Å². The Morgan fingerprint density at radius 1 is 1.29 bits per heavy atom. The van der Waals surface area contributed by atoms with Gasteiger partial charge >= 0.3 is 5.97 Å². The van der Waals surface area contributed by atoms with Gasteiger partial charge in [-0.15, -0.1) is 0 Å². The van der Waals surface area contributed by atoms with Gasteiger partial charge in [-0.2, -0.15) is 10.4 Å². The predicted molar refractivity (Wildman–Crippen MR) is 120 cm³/mol. The van der Waals surface area contributed by atoms with Crippen molar-refractivity contribution in [2.24, 2.45) is 17.8 Å². The Morgan fingerprint density at radius 2 is 2.00 bits per heavy atom. The Balaban J connectivity index is 1.89. The van der Waals surface area contributed by atoms with E-state index in [-0.39, 0.29) is 48.2 Å². The van der Waals surface area contributed by atoms with Crippen LogP contribution >= 0.6 is 0 Å². The summed E-state index contributed by atoms with van der Waals surface area (Å²) >= 11 is 0. The van der Waals surface area contributed by atoms with Gasteiger partial charge in [0.1, 0.15) is 42.8 Å². The maximum Gasteiger partial charge on any atom is 0.306 e. The summed E-state index contributed by atoms with van der Waals surface area (Å²) < 4.78 is 12.3. The van der Waals surface area contributed by atoms with Gasteiger partial charge in [0.25, 0.3) is 0 Å². The Bertz CT molecular complexity index is 1090. The number of nitriles is 1. The maximum atomic E-state index is 12.5. The summed E-state index contributed by atoms with van der Waals surface area (Å²) in [5.41, 5.74) is -1.46. The zero-order valence-corrected chi connectivity index (χ0v) is 19.9. The van der Waals surface area contributed by atoms with E-state index >= 15 is 0 Å². The first-order chi connectivity index (χ1) is 16.0. The first kappa shape index (κ1) is 25.6. The second-order valence-corrected chi connectivity index (χ2v) is 9.37. The molecule has 0 radical (unpaired) electrons. The first-order valence-electron chi connectivity index (χ1n) is 11.3. The van der Waals surface area contributed by atoms with Crippen LogP contribution in [0.25, 0.3) is 5.52 Å². The molecule has 11 heteroatoms. The molecule has 11 nitrogen and oxygen atoms in total. The van der Waals surface area contributed by atoms with Gasteiger partial charge < -0.3 is 25.0 Å². The molecular weight excluding hydrogens is 442 g/mol. The van der Waals surface area contributed by atoms with Crippen molar-refractivity contribution in [1.82, 2.24) is 14.6 Å². The Labute approximate surface area is 197 Å². The van der Waals surface area contributed by atoms with Crippen molar-refractivity contribution in [3.63, 3.8) is 0 Å². The van der Waals surface area contributed by atoms with Gasteiger partial charge in [0.2, 0.25) is 11.5 Å². The molecule has 3 heterocycles. The van der Waals surface area contributed by atoms with Crippen LogP contribution < -0.4 is 5.32 Å². The number of aliphatic hydroxyl groups excluding tert-OH is 2. The van der Waals surface area contributed by atoms with E-state index in [1.165, 1.54) is 16.9 Å². The number of rotatable bonds is 8. The lowest BCUT2D eigenvalue weighted by Crippen LogP contribution is -2.41. The van der Waals surface area contributed by atoms with Crippen molar-refractivity contribution >= 4 is 23.2 Å². The number of hydrogen-bond donors (Lipinski definition) is 3. The molecule has 1 amide bonds. The second kappa shape index (κ2) is 10.0. The number of anilines is 1. The van der Waals surface area contributed by atoms with Gasteiger partial charge in [0.15, 0.2) is 5.82 Å². The molecule has 0 aliphatic carbocycles. The molecule has 184 valence electrons. The largest absolute Gasteiger partial charge is 0.463 e. The molecule has 0 unspecified atom stereocenters. The fourth-order valence-electron chi connectivity index (χ4n) is 3.73. The molecule has 34 heavy (non-hydrogen) atoms. The number of carbonyl (C=O) groups excluding carboxylic acids is 2. The van der Waals surface area contributed by atoms with Crippen molar-refractivity contribution in [2.75, 3.05) is 11.9 Å². The highest BCUT2D eigenvalue weighted by molar-refractivity contribution is 5.95. The molecule has 1 fully saturated rings. The van der Waals surface area contributed by atoms with Crippen LogP contribution in [-0.4, -0.2) is 61.6 Å². The first-order valence-corrected chi connectivity index (χ1v) is 11.3. The van der Waals surface area contributed by atoms with E-state index in [4.69, 9.17) is 9.47 Å². The summed E-state index contributed by atoms with van der Waals surface area (Å²) in [5, 5.41) is 38.3. The molecule has 0 bridgehead atoms. The summed E-state index contributed by atoms with van der Waals surface area (Å²) in [7, 11) is 0. The van der Waals surface area contributed by atoms with Gasteiger partial charge in [-0.25, -0.2) is 9.50 Å². The number of nitrogens with one attached hydrogen (secondary N) is 1. The fraction of sp³-hybridized carbons (Fsp3) is 0.609. The molecule has 3 rings (SSSR count). The van der Waals surface area contributed by atoms with Gasteiger partial charge in [0.05, 0.1) is 5.69 Å². The van der Waals surface area contributed by atoms with Gasteiger partial charge in [-0.1, -0.05) is 34.6 Å². The number of amides is 1. The molecule has 1 saturated heterocycles. The topological polar surface area (TPSA) is 159 Å². The second-order valence-electron chi connectivity index (χ2n) is 9.37. The van der Waals surface area contributed by atoms with Crippen LogP contribution in [0.5, 0.6) is 0 Å². The van der Waals surface area contributed by atoms with Crippen LogP contribution in [0.3, 0.4) is 0 Å². The summed E-state index contributed by atoms with van der Waals surface area (Å²) in [5.74, 6) is -0.494. The van der Waals surface area contributed by atoms with E-state index < -0.39 is 29.9 Å². The normalized spacial score (nSPS) is 25.5. The minimum Gasteiger partial charge on any atom is -0.463 e. The third-order valence-corrected chi connectivity index (χ3v) is 6.10. The number of fused-ring (bicyclic) bond motifs is 1. The quantitative estimate of drug-likeness (QED) is 0.481. The number of hydrogen-bond acceptors (Lipinski definition) is 9. The van der Waals surface area contributed by atoms with E-state index in [2.05, 4.69) is 15.4 Å². The van der Waals surface area contributed by atoms with E-state index in [1.54, 1.807) is 6.07 Å². The summed E-state index contributed by atoms with van der Waals surface area (Å²) in [6, 6.07) is 5.05. The zero-order chi connectivity index (χ0) is 25.2. The lowest BCUT2D eigenvalue weighted by atomic mass is 9.92. The monoisotopic (exact) mass is 473 g/mol. The summed E-state index contributed by atoms with van der Waals surface area (Å²) in [6.07, 6.45) is -2.84. The molecule has 0 aromatic carbocycles. The van der Waals surface area contributed by atoms with Crippen LogP contribution in [-0.2, 0) is 24.7 Å². The van der Waals surface area contributed by atoms with Crippen LogP contribution in [0.2, 0.25) is 0 Å². The minimum atomic E-state index is -1.98. The van der Waals surface area contributed by atoms with Gasteiger partial charge in [0, 0.05) is 12.3 Å². The van der Waals surface area contributed by atoms with Crippen LogP contribution in [0, 0.1) is 29.1 Å². The Kier molecular flexibility index (Phi) is 7.55. The van der Waals surface area contributed by atoms with Crippen LogP contribution in [0.4, 0.5) is 5.82 Å². The Hall–Kier alpha value is -3.07. The number of aromatic nitrogens is 3. The molecule has 2 aromatic heterocycles. The summed E-state index contributed by atoms with van der Waals surface area (Å²) in [6.45, 7) is 9.10. The lowest BCUT2D eigenvalue weighted by Gasteiger charge is -2.24. The van der Waals surface area contributed by atoms with Crippen LogP contribution in [0.15, 0.2) is 18.5 Å². The average Bonchev–Trinajstić information content (AvgIpc) is 3.32. The van der Waals surface area contributed by atoms with E-state index in [0.29, 0.717) is 5.52 Å². The van der Waals surface area contributed by atoms with Gasteiger partial charge in [-0.05, 0) is 24.0 Å². The lowest BCUT2D eigenvalue weighted by molar-refractivity contribution is -0.151. The fourth-order valence-corrected chi connectivity index (χ4v) is 3.73. The third kappa shape index (κ3) is 4.75. The van der Waals surface area contributed by atoms with Crippen molar-refractivity contribution < 1.29 is 29.3 Å². The number of esters is 1. The maximum absolute atomic E-state index is 12.5. The highest BCUT2D eigenvalue weighted by atomic mass is 16.6. The van der Waals surface area contributed by atoms with Crippen molar-refractivity contribution in [3.05, 3.63) is 24.2 Å². The van der Waals surface area contributed by atoms with Crippen LogP contribution in [0.1, 0.15) is 46.7 Å². The molecule has 1 aliphatic rings. The number of ether oxygens (including phenoxy) is 2. The zero-order valence-electron chi connectivity index (χ0n) is 19.9. The number of aliphatic hydroxyl groups is 2. The van der Waals surface area contributed by atoms with E-state index in [0.717, 1.165) is 0 Å². The molecular formula is C23H31N5O6. The molecule has 0 saturated carbocycles. The predicted octanol–water partition coefficient (Wildman–Crippen LogP) is 1.39. The van der Waals surface area contributed by atoms with E-state index in [1.807, 2.05) is 40.7 Å². The van der Waals surface area contributed by atoms with E-state index in [9.17, 15) is 25.1 Å². The SMILES string of the molecule is CC(C)CC(=O)OC[C@H]1O[C@@](C#N)(c2ccc3c(NC(=O)[C@@H](C)C(C)C)ncnn23)[C@H](O)[C@@H]1O. The number of nitrogens with zero attached hydrogens (tertiary/aromatic N) is 4. The van der Waals surface area contributed by atoms with Gasteiger partial charge in [-0.3, -0.25) is 9.59 Å². The van der Waals surface area contributed by atoms with Crippen molar-refractivity contribution in [3.8, 4) is 6.07 Å². The highest BCUT2D eigenvalue weighted by Gasteiger charge is 2.57. The number of carbonyl (C=O) groups is 2. The standard InChI is InChI=1S/C23H31N5O6/c1-12(2)8-18(29)33-9-16-19(30)20(31)23(10-24,34-16)17-7-6-15-21(25-11-26-28(15)17)27-22(32)14(5)13(3)4/h6-7,11-14,16,19-20,30-31H,8-9H2,1-5H3,(H,25,26,27,32)/t14-,16+,19+,20+,23-/m0/s1. The Morgan fingerprint density at radius 3 is 2.62 bits per heavy atom. The van der Waals surface area contributed by atoms with Crippen molar-refractivity contribution in [2.45, 2.75) is 65.0 Å². The molecule has 3 N–H and O–H groups in total. The molecule has 0 spiro atoms. The molecule has 2 aromatic rings. The molecule has 1 aliphatic heterocycles. The summed E-state index contributed by atoms with van der Waals surface area (Å²) in [4.78, 5) is 28.6. The third-order valence-electron chi connectivity index (χ3n) is 6.10. The smallest absolute Gasteiger partial charge is 0.306 e. The highest BCUT2D eigenvalue weighted by Crippen LogP contribution is 2.40.